The molecule has 0 aliphatic carbocycles. The minimum atomic E-state index is -0.0610. The van der Waals surface area contributed by atoms with Crippen molar-refractivity contribution in [1.29, 1.82) is 0 Å². The van der Waals surface area contributed by atoms with Gasteiger partial charge in [0.2, 0.25) is 0 Å². The highest BCUT2D eigenvalue weighted by molar-refractivity contribution is 7.16. The van der Waals surface area contributed by atoms with Crippen molar-refractivity contribution in [3.05, 3.63) is 91.9 Å². The number of thiophene rings is 1. The lowest BCUT2D eigenvalue weighted by atomic mass is 10.1. The van der Waals surface area contributed by atoms with Crippen molar-refractivity contribution in [2.75, 3.05) is 0 Å². The summed E-state index contributed by atoms with van der Waals surface area (Å²) >= 11 is 7.57. The molecule has 5 nitrogen and oxygen atoms in total. The third-order valence-electron chi connectivity index (χ3n) is 4.27. The molecular formula is C20H17ClN4OS. The zero-order valence-electron chi connectivity index (χ0n) is 14.4. The third-order valence-corrected chi connectivity index (χ3v) is 5.56. The lowest BCUT2D eigenvalue weighted by Crippen LogP contribution is -2.19. The van der Waals surface area contributed by atoms with Crippen LogP contribution in [0.25, 0.3) is 11.3 Å². The first kappa shape index (κ1) is 17.7. The lowest BCUT2D eigenvalue weighted by Gasteiger charge is -2.06. The van der Waals surface area contributed by atoms with Crippen LogP contribution in [0.4, 0.5) is 0 Å². The molecule has 0 aromatic carbocycles. The molecule has 136 valence electrons. The predicted molar refractivity (Wildman–Crippen MR) is 108 cm³/mol. The van der Waals surface area contributed by atoms with Gasteiger partial charge in [-0.1, -0.05) is 17.7 Å². The minimum Gasteiger partial charge on any atom is -0.311 e. The maximum Gasteiger partial charge on any atom is 0.251 e. The van der Waals surface area contributed by atoms with E-state index in [4.69, 9.17) is 11.6 Å². The van der Waals surface area contributed by atoms with Gasteiger partial charge in [0.1, 0.15) is 0 Å². The van der Waals surface area contributed by atoms with Gasteiger partial charge in [-0.05, 0) is 48.7 Å². The van der Waals surface area contributed by atoms with Gasteiger partial charge in [0.05, 0.1) is 16.6 Å². The Balaban J connectivity index is 1.46. The standard InChI is InChI=1S/C20H17ClN4OS/c21-19-6-5-17(27-19)4-3-16-11-18(24-23-16)15-7-9-25(20(26)10-15)13-14-2-1-8-22-12-14/h1-2,5-12H,3-4,13H2,(H,23,24). The van der Waals surface area contributed by atoms with Crippen LogP contribution in [0.2, 0.25) is 4.34 Å². The van der Waals surface area contributed by atoms with Crippen molar-refractivity contribution in [3.63, 3.8) is 0 Å². The Morgan fingerprint density at radius 2 is 2.07 bits per heavy atom. The zero-order chi connectivity index (χ0) is 18.6. The molecule has 0 saturated carbocycles. The van der Waals surface area contributed by atoms with Crippen molar-refractivity contribution in [2.24, 2.45) is 0 Å². The summed E-state index contributed by atoms with van der Waals surface area (Å²) in [4.78, 5) is 17.8. The van der Waals surface area contributed by atoms with Crippen LogP contribution in [0.1, 0.15) is 16.1 Å². The average molecular weight is 397 g/mol. The number of nitrogens with zero attached hydrogens (tertiary/aromatic N) is 3. The number of hydrogen-bond acceptors (Lipinski definition) is 4. The van der Waals surface area contributed by atoms with E-state index >= 15 is 0 Å². The first-order chi connectivity index (χ1) is 13.2. The van der Waals surface area contributed by atoms with Crippen molar-refractivity contribution >= 4 is 22.9 Å². The second kappa shape index (κ2) is 7.90. The zero-order valence-corrected chi connectivity index (χ0v) is 16.0. The van der Waals surface area contributed by atoms with E-state index in [-0.39, 0.29) is 5.56 Å². The van der Waals surface area contributed by atoms with Gasteiger partial charge >= 0.3 is 0 Å². The highest BCUT2D eigenvalue weighted by Gasteiger charge is 2.07. The first-order valence-corrected chi connectivity index (χ1v) is 9.75. The fourth-order valence-corrected chi connectivity index (χ4v) is 3.95. The van der Waals surface area contributed by atoms with Gasteiger partial charge in [-0.3, -0.25) is 14.9 Å². The van der Waals surface area contributed by atoms with Gasteiger partial charge in [-0.25, -0.2) is 0 Å². The summed E-state index contributed by atoms with van der Waals surface area (Å²) in [5.74, 6) is 0. The molecule has 0 saturated heterocycles. The van der Waals surface area contributed by atoms with E-state index < -0.39 is 0 Å². The Morgan fingerprint density at radius 1 is 1.15 bits per heavy atom. The van der Waals surface area contributed by atoms with Crippen molar-refractivity contribution in [2.45, 2.75) is 19.4 Å². The van der Waals surface area contributed by atoms with E-state index in [1.807, 2.05) is 36.4 Å². The van der Waals surface area contributed by atoms with Crippen molar-refractivity contribution in [3.8, 4) is 11.3 Å². The van der Waals surface area contributed by atoms with E-state index in [0.717, 1.165) is 39.7 Å². The topological polar surface area (TPSA) is 63.6 Å². The molecule has 0 bridgehead atoms. The van der Waals surface area contributed by atoms with Crippen LogP contribution in [0.3, 0.4) is 0 Å². The summed E-state index contributed by atoms with van der Waals surface area (Å²) in [5.41, 5.74) is 3.55. The second-order valence-corrected chi connectivity index (χ2v) is 8.03. The van der Waals surface area contributed by atoms with Crippen LogP contribution in [-0.2, 0) is 19.4 Å². The van der Waals surface area contributed by atoms with Crippen molar-refractivity contribution < 1.29 is 0 Å². The maximum atomic E-state index is 12.4. The number of aryl methyl sites for hydroxylation is 2. The maximum absolute atomic E-state index is 12.4. The number of nitrogens with one attached hydrogen (secondary N) is 1. The van der Waals surface area contributed by atoms with E-state index in [1.165, 1.54) is 4.88 Å². The molecule has 0 unspecified atom stereocenters. The number of rotatable bonds is 6. The monoisotopic (exact) mass is 396 g/mol. The summed E-state index contributed by atoms with van der Waals surface area (Å²) in [5, 5.41) is 7.41. The Bertz CT molecular complexity index is 1100. The molecule has 0 aliphatic heterocycles. The van der Waals surface area contributed by atoms with E-state index in [0.29, 0.717) is 6.54 Å². The van der Waals surface area contributed by atoms with E-state index in [2.05, 4.69) is 15.2 Å². The van der Waals surface area contributed by atoms with Gasteiger partial charge in [-0.15, -0.1) is 11.3 Å². The van der Waals surface area contributed by atoms with Gasteiger partial charge in [0.15, 0.2) is 0 Å². The Kier molecular flexibility index (Phi) is 5.18. The van der Waals surface area contributed by atoms with Gasteiger partial charge < -0.3 is 4.57 Å². The summed E-state index contributed by atoms with van der Waals surface area (Å²) in [6.45, 7) is 0.502. The molecule has 0 spiro atoms. The normalized spacial score (nSPS) is 11.0. The summed E-state index contributed by atoms with van der Waals surface area (Å²) in [6, 6.07) is 13.3. The fourth-order valence-electron chi connectivity index (χ4n) is 2.87. The molecule has 4 aromatic rings. The predicted octanol–water partition coefficient (Wildman–Crippen LogP) is 4.18. The van der Waals surface area contributed by atoms with E-state index in [1.54, 1.807) is 40.6 Å². The summed E-state index contributed by atoms with van der Waals surface area (Å²) in [6.07, 6.45) is 7.04. The van der Waals surface area contributed by atoms with Gasteiger partial charge in [0, 0.05) is 40.8 Å². The van der Waals surface area contributed by atoms with Crippen LogP contribution in [0.15, 0.2) is 65.8 Å². The molecule has 4 heterocycles. The van der Waals surface area contributed by atoms with Crippen LogP contribution in [0, 0.1) is 0 Å². The summed E-state index contributed by atoms with van der Waals surface area (Å²) < 4.78 is 2.47. The average Bonchev–Trinajstić information content (AvgIpc) is 3.31. The summed E-state index contributed by atoms with van der Waals surface area (Å²) in [7, 11) is 0. The number of hydrogen-bond donors (Lipinski definition) is 1. The molecule has 0 amide bonds. The van der Waals surface area contributed by atoms with Crippen LogP contribution < -0.4 is 5.56 Å². The number of pyridine rings is 2. The molecule has 0 aliphatic rings. The fraction of sp³-hybridized carbons (Fsp3) is 0.150. The molecule has 4 rings (SSSR count). The number of aromatic amines is 1. The first-order valence-electron chi connectivity index (χ1n) is 8.56. The molecular weight excluding hydrogens is 380 g/mol. The molecule has 0 radical (unpaired) electrons. The largest absolute Gasteiger partial charge is 0.311 e. The molecule has 27 heavy (non-hydrogen) atoms. The van der Waals surface area contributed by atoms with Crippen LogP contribution in [0.5, 0.6) is 0 Å². The SMILES string of the molecule is O=c1cc(-c2cc(CCc3ccc(Cl)s3)[nH]n2)ccn1Cc1cccnc1. The van der Waals surface area contributed by atoms with E-state index in [9.17, 15) is 4.79 Å². The quantitative estimate of drug-likeness (QED) is 0.531. The molecule has 0 atom stereocenters. The Labute approximate surface area is 165 Å². The second-order valence-electron chi connectivity index (χ2n) is 6.23. The molecule has 0 fully saturated rings. The number of H-pyrrole nitrogens is 1. The molecule has 7 heteroatoms. The highest BCUT2D eigenvalue weighted by atomic mass is 35.5. The van der Waals surface area contributed by atoms with Crippen LogP contribution >= 0.6 is 22.9 Å². The van der Waals surface area contributed by atoms with Crippen molar-refractivity contribution in [1.82, 2.24) is 19.7 Å². The Hall–Kier alpha value is -2.70. The lowest BCUT2D eigenvalue weighted by molar-refractivity contribution is 0.757. The van der Waals surface area contributed by atoms with Crippen LogP contribution in [-0.4, -0.2) is 19.7 Å². The van der Waals surface area contributed by atoms with Gasteiger partial charge in [-0.2, -0.15) is 5.10 Å². The molecule has 1 N–H and O–H groups in total. The molecule has 4 aromatic heterocycles. The number of aromatic nitrogens is 4. The Morgan fingerprint density at radius 3 is 2.81 bits per heavy atom. The smallest absolute Gasteiger partial charge is 0.251 e. The number of halogens is 1. The highest BCUT2D eigenvalue weighted by Crippen LogP contribution is 2.23. The minimum absolute atomic E-state index is 0.0610. The third kappa shape index (κ3) is 4.35. The van der Waals surface area contributed by atoms with Gasteiger partial charge in [0.25, 0.3) is 5.56 Å².